The lowest BCUT2D eigenvalue weighted by molar-refractivity contribution is 0.0954. The van der Waals surface area contributed by atoms with Crippen LogP contribution in [0.25, 0.3) is 10.9 Å². The van der Waals surface area contributed by atoms with Crippen molar-refractivity contribution in [3.8, 4) is 0 Å². The molecule has 0 radical (unpaired) electrons. The van der Waals surface area contributed by atoms with Gasteiger partial charge in [-0.3, -0.25) is 9.89 Å². The van der Waals surface area contributed by atoms with E-state index in [-0.39, 0.29) is 19.0 Å². The molecule has 19 heavy (non-hydrogen) atoms. The fourth-order valence-corrected chi connectivity index (χ4v) is 2.07. The predicted octanol–water partition coefficient (Wildman–Crippen LogP) is -0.158. The Morgan fingerprint density at radius 2 is 2.16 bits per heavy atom. The zero-order valence-corrected chi connectivity index (χ0v) is 11.1. The van der Waals surface area contributed by atoms with Gasteiger partial charge >= 0.3 is 0 Å². The van der Waals surface area contributed by atoms with E-state index in [1.807, 2.05) is 0 Å². The quantitative estimate of drug-likeness (QED) is 0.663. The first-order chi connectivity index (χ1) is 8.96. The molecule has 0 spiro atoms. The Labute approximate surface area is 110 Å². The highest BCUT2D eigenvalue weighted by Gasteiger charge is 2.07. The minimum absolute atomic E-state index is 0.164. The summed E-state index contributed by atoms with van der Waals surface area (Å²) in [6, 6.07) is 5.18. The van der Waals surface area contributed by atoms with Crippen LogP contribution in [0.2, 0.25) is 0 Å². The average Bonchev–Trinajstić information content (AvgIpc) is 2.80. The molecule has 7 nitrogen and oxygen atoms in total. The Morgan fingerprint density at radius 1 is 1.37 bits per heavy atom. The monoisotopic (exact) mass is 282 g/mol. The Bertz CT molecular complexity index is 693. The van der Waals surface area contributed by atoms with Crippen LogP contribution in [0.4, 0.5) is 0 Å². The van der Waals surface area contributed by atoms with E-state index in [9.17, 15) is 13.2 Å². The van der Waals surface area contributed by atoms with Crippen LogP contribution in [0, 0.1) is 0 Å². The average molecular weight is 282 g/mol. The number of carbonyl (C=O) groups is 1. The summed E-state index contributed by atoms with van der Waals surface area (Å²) in [7, 11) is -3.22. The highest BCUT2D eigenvalue weighted by Crippen LogP contribution is 2.12. The SMILES string of the molecule is CS(=O)(=O)NCCNC(=O)c1ccc2cn[nH]c2c1. The van der Waals surface area contributed by atoms with Crippen molar-refractivity contribution in [3.63, 3.8) is 0 Å². The van der Waals surface area contributed by atoms with E-state index in [2.05, 4.69) is 20.2 Å². The number of rotatable bonds is 5. The fourth-order valence-electron chi connectivity index (χ4n) is 1.59. The molecule has 2 aromatic rings. The van der Waals surface area contributed by atoms with Gasteiger partial charge in [0.1, 0.15) is 0 Å². The molecule has 0 aliphatic rings. The van der Waals surface area contributed by atoms with Crippen molar-refractivity contribution in [2.75, 3.05) is 19.3 Å². The maximum absolute atomic E-state index is 11.8. The number of sulfonamides is 1. The third kappa shape index (κ3) is 3.76. The lowest BCUT2D eigenvalue weighted by Crippen LogP contribution is -2.34. The van der Waals surface area contributed by atoms with Crippen LogP contribution >= 0.6 is 0 Å². The maximum Gasteiger partial charge on any atom is 0.251 e. The molecule has 1 aromatic heterocycles. The number of aromatic nitrogens is 2. The van der Waals surface area contributed by atoms with Gasteiger partial charge in [-0.2, -0.15) is 5.10 Å². The third-order valence-corrected chi connectivity index (χ3v) is 3.21. The first-order valence-corrected chi connectivity index (χ1v) is 7.51. The molecule has 0 saturated carbocycles. The van der Waals surface area contributed by atoms with Gasteiger partial charge in [0.25, 0.3) is 5.91 Å². The Morgan fingerprint density at radius 3 is 2.89 bits per heavy atom. The number of nitrogens with one attached hydrogen (secondary N) is 3. The molecule has 8 heteroatoms. The summed E-state index contributed by atoms with van der Waals surface area (Å²) in [5.41, 5.74) is 1.28. The second-order valence-corrected chi connectivity index (χ2v) is 5.93. The van der Waals surface area contributed by atoms with Gasteiger partial charge in [0.15, 0.2) is 0 Å². The molecule has 0 aliphatic carbocycles. The molecule has 0 aliphatic heterocycles. The molecule has 0 bridgehead atoms. The van der Waals surface area contributed by atoms with Crippen molar-refractivity contribution >= 4 is 26.8 Å². The normalized spacial score (nSPS) is 11.6. The molecule has 0 atom stereocenters. The number of nitrogens with zero attached hydrogens (tertiary/aromatic N) is 1. The van der Waals surface area contributed by atoms with E-state index < -0.39 is 10.0 Å². The molecule has 1 aromatic carbocycles. The molecule has 0 fully saturated rings. The number of amides is 1. The van der Waals surface area contributed by atoms with Crippen molar-refractivity contribution in [2.24, 2.45) is 0 Å². The lowest BCUT2D eigenvalue weighted by atomic mass is 10.1. The van der Waals surface area contributed by atoms with E-state index >= 15 is 0 Å². The maximum atomic E-state index is 11.8. The van der Waals surface area contributed by atoms with Crippen molar-refractivity contribution in [1.82, 2.24) is 20.2 Å². The molecular formula is C11H14N4O3S. The van der Waals surface area contributed by atoms with Gasteiger partial charge in [-0.1, -0.05) is 6.07 Å². The van der Waals surface area contributed by atoms with Gasteiger partial charge in [-0.25, -0.2) is 13.1 Å². The van der Waals surface area contributed by atoms with Gasteiger partial charge in [0.05, 0.1) is 18.0 Å². The zero-order valence-electron chi connectivity index (χ0n) is 10.3. The number of hydrogen-bond donors (Lipinski definition) is 3. The summed E-state index contributed by atoms with van der Waals surface area (Å²) in [4.78, 5) is 11.8. The van der Waals surface area contributed by atoms with Gasteiger partial charge in [0, 0.05) is 24.0 Å². The third-order valence-electron chi connectivity index (χ3n) is 2.48. The molecular weight excluding hydrogens is 268 g/mol. The number of H-pyrrole nitrogens is 1. The predicted molar refractivity (Wildman–Crippen MR) is 71.3 cm³/mol. The van der Waals surface area contributed by atoms with Crippen molar-refractivity contribution in [2.45, 2.75) is 0 Å². The molecule has 3 N–H and O–H groups in total. The number of hydrogen-bond acceptors (Lipinski definition) is 4. The summed E-state index contributed by atoms with van der Waals surface area (Å²) in [5, 5.41) is 10.2. The smallest absolute Gasteiger partial charge is 0.251 e. The van der Waals surface area contributed by atoms with Crippen LogP contribution in [0.15, 0.2) is 24.4 Å². The van der Waals surface area contributed by atoms with E-state index in [4.69, 9.17) is 0 Å². The van der Waals surface area contributed by atoms with E-state index in [0.29, 0.717) is 5.56 Å². The topological polar surface area (TPSA) is 104 Å². The van der Waals surface area contributed by atoms with Crippen molar-refractivity contribution < 1.29 is 13.2 Å². The number of fused-ring (bicyclic) bond motifs is 1. The molecule has 1 heterocycles. The minimum Gasteiger partial charge on any atom is -0.351 e. The van der Waals surface area contributed by atoms with Crippen LogP contribution in [-0.2, 0) is 10.0 Å². The van der Waals surface area contributed by atoms with Crippen molar-refractivity contribution in [1.29, 1.82) is 0 Å². The summed E-state index contributed by atoms with van der Waals surface area (Å²) in [5.74, 6) is -0.258. The van der Waals surface area contributed by atoms with Crippen LogP contribution < -0.4 is 10.0 Å². The second kappa shape index (κ2) is 5.37. The van der Waals surface area contributed by atoms with E-state index in [0.717, 1.165) is 17.2 Å². The molecule has 0 saturated heterocycles. The molecule has 1 amide bonds. The highest BCUT2D eigenvalue weighted by atomic mass is 32.2. The van der Waals surface area contributed by atoms with Gasteiger partial charge in [-0.05, 0) is 12.1 Å². The first kappa shape index (κ1) is 13.5. The number of aromatic amines is 1. The van der Waals surface area contributed by atoms with Crippen LogP contribution in [0.3, 0.4) is 0 Å². The van der Waals surface area contributed by atoms with Crippen LogP contribution in [-0.4, -0.2) is 43.9 Å². The van der Waals surface area contributed by atoms with Gasteiger partial charge in [0.2, 0.25) is 10.0 Å². The summed E-state index contributed by atoms with van der Waals surface area (Å²) in [6.45, 7) is 0.393. The Hall–Kier alpha value is -1.93. The number of benzene rings is 1. The summed E-state index contributed by atoms with van der Waals surface area (Å²) in [6.07, 6.45) is 2.74. The summed E-state index contributed by atoms with van der Waals surface area (Å²) >= 11 is 0. The van der Waals surface area contributed by atoms with Crippen LogP contribution in [0.5, 0.6) is 0 Å². The van der Waals surface area contributed by atoms with E-state index in [1.54, 1.807) is 24.4 Å². The first-order valence-electron chi connectivity index (χ1n) is 5.62. The van der Waals surface area contributed by atoms with E-state index in [1.165, 1.54) is 0 Å². The molecule has 102 valence electrons. The van der Waals surface area contributed by atoms with Crippen molar-refractivity contribution in [3.05, 3.63) is 30.0 Å². The Balaban J connectivity index is 1.92. The highest BCUT2D eigenvalue weighted by molar-refractivity contribution is 7.88. The zero-order chi connectivity index (χ0) is 13.9. The van der Waals surface area contributed by atoms with Crippen LogP contribution in [0.1, 0.15) is 10.4 Å². The lowest BCUT2D eigenvalue weighted by Gasteiger charge is -2.05. The largest absolute Gasteiger partial charge is 0.351 e. The van der Waals surface area contributed by atoms with Gasteiger partial charge in [-0.15, -0.1) is 0 Å². The molecule has 2 rings (SSSR count). The minimum atomic E-state index is -3.22. The summed E-state index contributed by atoms with van der Waals surface area (Å²) < 4.78 is 24.0. The molecule has 0 unspecified atom stereocenters. The fraction of sp³-hybridized carbons (Fsp3) is 0.273. The van der Waals surface area contributed by atoms with Gasteiger partial charge < -0.3 is 5.32 Å². The number of carbonyl (C=O) groups excluding carboxylic acids is 1. The standard InChI is InChI=1S/C11H14N4O3S/c1-19(17,18)14-5-4-12-11(16)8-2-3-9-7-13-15-10(9)6-8/h2-3,6-7,14H,4-5H2,1H3,(H,12,16)(H,13,15). The Kier molecular flexibility index (Phi) is 3.82. The second-order valence-electron chi connectivity index (χ2n) is 4.09.